The lowest BCUT2D eigenvalue weighted by molar-refractivity contribution is -0.121. The molecule has 0 rings (SSSR count). The van der Waals surface area contributed by atoms with Gasteiger partial charge in [-0.2, -0.15) is 8.42 Å². The predicted octanol–water partition coefficient (Wildman–Crippen LogP) is 5.25. The fourth-order valence-corrected chi connectivity index (χ4v) is 3.42. The fraction of sp³-hybridized carbons (Fsp3) is 0.950. The molecule has 2 N–H and O–H groups in total. The lowest BCUT2D eigenvalue weighted by Gasteiger charge is -2.05. The molecular weight excluding hydrogens is 350 g/mol. The lowest BCUT2D eigenvalue weighted by Crippen LogP contribution is -2.28. The Morgan fingerprint density at radius 1 is 0.731 bits per heavy atom. The first-order chi connectivity index (χ1) is 12.5. The van der Waals surface area contributed by atoms with Gasteiger partial charge >= 0.3 is 0 Å². The van der Waals surface area contributed by atoms with Crippen molar-refractivity contribution in [3.05, 3.63) is 0 Å². The van der Waals surface area contributed by atoms with Gasteiger partial charge in [0.1, 0.15) is 0 Å². The fourth-order valence-electron chi connectivity index (χ4n) is 3.06. The van der Waals surface area contributed by atoms with Gasteiger partial charge in [0.25, 0.3) is 10.1 Å². The molecule has 26 heavy (non-hydrogen) atoms. The summed E-state index contributed by atoms with van der Waals surface area (Å²) in [7, 11) is -3.99. The molecule has 5 nitrogen and oxygen atoms in total. The molecule has 0 unspecified atom stereocenters. The first kappa shape index (κ1) is 25.4. The third-order valence-electron chi connectivity index (χ3n) is 4.69. The molecule has 0 atom stereocenters. The standard InChI is InChI=1S/C20H41NO4S/c1-2-3-4-5-6-7-8-9-10-11-12-13-14-15-16-17-20(22)21-18-19-26(23,24)25/h2-19H2,1H3,(H,21,22)(H,23,24,25). The van der Waals surface area contributed by atoms with E-state index in [0.29, 0.717) is 6.42 Å². The summed E-state index contributed by atoms with van der Waals surface area (Å²) < 4.78 is 29.6. The van der Waals surface area contributed by atoms with Gasteiger partial charge in [0.2, 0.25) is 5.91 Å². The van der Waals surface area contributed by atoms with Gasteiger partial charge in [-0.25, -0.2) is 0 Å². The van der Waals surface area contributed by atoms with Crippen LogP contribution in [-0.2, 0) is 14.9 Å². The minimum absolute atomic E-state index is 0.0175. The Bertz CT molecular complexity index is 424. The van der Waals surface area contributed by atoms with Crippen LogP contribution in [-0.4, -0.2) is 31.2 Å². The highest BCUT2D eigenvalue weighted by atomic mass is 32.2. The molecule has 0 spiro atoms. The Labute approximate surface area is 161 Å². The van der Waals surface area contributed by atoms with Gasteiger partial charge in [-0.3, -0.25) is 9.35 Å². The monoisotopic (exact) mass is 391 g/mol. The van der Waals surface area contributed by atoms with E-state index in [0.717, 1.165) is 19.3 Å². The van der Waals surface area contributed by atoms with Crippen molar-refractivity contribution in [3.63, 3.8) is 0 Å². The number of nitrogens with one attached hydrogen (secondary N) is 1. The summed E-state index contributed by atoms with van der Waals surface area (Å²) in [5.41, 5.74) is 0. The zero-order chi connectivity index (χ0) is 19.5. The van der Waals surface area contributed by atoms with Crippen LogP contribution < -0.4 is 5.32 Å². The van der Waals surface area contributed by atoms with Crippen molar-refractivity contribution in [2.75, 3.05) is 12.3 Å². The molecule has 0 heterocycles. The number of rotatable bonds is 19. The first-order valence-corrected chi connectivity index (χ1v) is 12.3. The minimum atomic E-state index is -3.99. The van der Waals surface area contributed by atoms with Gasteiger partial charge in [-0.05, 0) is 6.42 Å². The maximum Gasteiger partial charge on any atom is 0.266 e. The molecule has 0 saturated carbocycles. The summed E-state index contributed by atoms with van der Waals surface area (Å²) in [6, 6.07) is 0. The molecule has 0 aromatic carbocycles. The largest absolute Gasteiger partial charge is 0.355 e. The van der Waals surface area contributed by atoms with Crippen molar-refractivity contribution in [1.29, 1.82) is 0 Å². The summed E-state index contributed by atoms with van der Waals surface area (Å²) in [5, 5.41) is 2.51. The maximum atomic E-state index is 11.5. The zero-order valence-electron chi connectivity index (χ0n) is 16.8. The predicted molar refractivity (Wildman–Crippen MR) is 109 cm³/mol. The Morgan fingerprint density at radius 2 is 1.12 bits per heavy atom. The molecule has 0 fully saturated rings. The van der Waals surface area contributed by atoms with E-state index in [1.807, 2.05) is 0 Å². The summed E-state index contributed by atoms with van der Waals surface area (Å²) >= 11 is 0. The molecule has 1 amide bonds. The first-order valence-electron chi connectivity index (χ1n) is 10.7. The molecule has 0 saturated heterocycles. The van der Waals surface area contributed by atoms with E-state index in [9.17, 15) is 13.2 Å². The van der Waals surface area contributed by atoms with Gasteiger partial charge in [0, 0.05) is 13.0 Å². The summed E-state index contributed by atoms with van der Waals surface area (Å²) in [6.07, 6.45) is 19.8. The van der Waals surface area contributed by atoms with Crippen LogP contribution in [0.25, 0.3) is 0 Å². The Hall–Kier alpha value is -0.620. The van der Waals surface area contributed by atoms with Crippen molar-refractivity contribution in [2.24, 2.45) is 0 Å². The highest BCUT2D eigenvalue weighted by molar-refractivity contribution is 7.85. The second kappa shape index (κ2) is 17.8. The Kier molecular flexibility index (Phi) is 17.4. The normalized spacial score (nSPS) is 11.6. The highest BCUT2D eigenvalue weighted by Crippen LogP contribution is 2.13. The SMILES string of the molecule is CCCCCCCCCCCCCCCCCC(=O)NCCS(=O)(=O)O. The molecule has 0 aliphatic carbocycles. The van der Waals surface area contributed by atoms with E-state index in [1.165, 1.54) is 77.0 Å². The summed E-state index contributed by atoms with van der Waals surface area (Å²) in [4.78, 5) is 11.5. The van der Waals surface area contributed by atoms with Gasteiger partial charge in [0.15, 0.2) is 0 Å². The molecular formula is C20H41NO4S. The minimum Gasteiger partial charge on any atom is -0.355 e. The lowest BCUT2D eigenvalue weighted by atomic mass is 10.0. The van der Waals surface area contributed by atoms with E-state index < -0.39 is 15.9 Å². The van der Waals surface area contributed by atoms with E-state index in [4.69, 9.17) is 4.55 Å². The average molecular weight is 392 g/mol. The third kappa shape index (κ3) is 21.4. The number of carbonyl (C=O) groups is 1. The summed E-state index contributed by atoms with van der Waals surface area (Å²) in [6.45, 7) is 2.24. The van der Waals surface area contributed by atoms with Gasteiger partial charge < -0.3 is 5.32 Å². The van der Waals surface area contributed by atoms with Crippen molar-refractivity contribution < 1.29 is 17.8 Å². The van der Waals surface area contributed by atoms with E-state index in [2.05, 4.69) is 12.2 Å². The quantitative estimate of drug-likeness (QED) is 0.233. The third-order valence-corrected chi connectivity index (χ3v) is 5.41. The van der Waals surface area contributed by atoms with E-state index in [-0.39, 0.29) is 12.5 Å². The summed E-state index contributed by atoms with van der Waals surface area (Å²) in [5.74, 6) is -0.555. The van der Waals surface area contributed by atoms with Crippen LogP contribution in [0.5, 0.6) is 0 Å². The van der Waals surface area contributed by atoms with Crippen LogP contribution in [0.2, 0.25) is 0 Å². The molecule has 6 heteroatoms. The zero-order valence-corrected chi connectivity index (χ0v) is 17.6. The highest BCUT2D eigenvalue weighted by Gasteiger charge is 2.06. The van der Waals surface area contributed by atoms with Crippen LogP contribution in [0.15, 0.2) is 0 Å². The molecule has 0 radical (unpaired) electrons. The second-order valence-corrected chi connectivity index (χ2v) is 8.91. The molecule has 0 aliphatic rings. The van der Waals surface area contributed by atoms with Gasteiger partial charge in [-0.1, -0.05) is 96.8 Å². The maximum absolute atomic E-state index is 11.5. The number of amides is 1. The molecule has 0 aromatic heterocycles. The number of carbonyl (C=O) groups excluding carboxylic acids is 1. The Balaban J connectivity index is 3.18. The number of hydrogen-bond donors (Lipinski definition) is 2. The Morgan fingerprint density at radius 3 is 1.50 bits per heavy atom. The number of hydrogen-bond acceptors (Lipinski definition) is 3. The van der Waals surface area contributed by atoms with Crippen molar-refractivity contribution >= 4 is 16.0 Å². The molecule has 0 aliphatic heterocycles. The van der Waals surface area contributed by atoms with E-state index >= 15 is 0 Å². The van der Waals surface area contributed by atoms with Crippen LogP contribution >= 0.6 is 0 Å². The smallest absolute Gasteiger partial charge is 0.266 e. The van der Waals surface area contributed by atoms with Gasteiger partial charge in [-0.15, -0.1) is 0 Å². The van der Waals surface area contributed by atoms with E-state index in [1.54, 1.807) is 0 Å². The van der Waals surface area contributed by atoms with Gasteiger partial charge in [0.05, 0.1) is 5.75 Å². The van der Waals surface area contributed by atoms with Crippen molar-refractivity contribution in [2.45, 2.75) is 110 Å². The van der Waals surface area contributed by atoms with Crippen molar-refractivity contribution in [3.8, 4) is 0 Å². The second-order valence-electron chi connectivity index (χ2n) is 7.34. The van der Waals surface area contributed by atoms with Crippen LogP contribution in [0.3, 0.4) is 0 Å². The molecule has 0 aromatic rings. The van der Waals surface area contributed by atoms with Crippen LogP contribution in [0, 0.1) is 0 Å². The molecule has 0 bridgehead atoms. The van der Waals surface area contributed by atoms with Crippen LogP contribution in [0.4, 0.5) is 0 Å². The average Bonchev–Trinajstić information content (AvgIpc) is 2.57. The van der Waals surface area contributed by atoms with Crippen molar-refractivity contribution in [1.82, 2.24) is 5.32 Å². The van der Waals surface area contributed by atoms with Crippen LogP contribution in [0.1, 0.15) is 110 Å². The topological polar surface area (TPSA) is 83.5 Å². The molecule has 156 valence electrons. The number of unbranched alkanes of at least 4 members (excludes halogenated alkanes) is 14.